The molecule has 0 fully saturated rings. The molecule has 6 heteroatoms. The molecular weight excluding hydrogens is 342 g/mol. The second-order valence-corrected chi connectivity index (χ2v) is 6.86. The van der Waals surface area contributed by atoms with Crippen LogP contribution in [-0.2, 0) is 6.54 Å². The van der Waals surface area contributed by atoms with Crippen molar-refractivity contribution in [2.75, 3.05) is 6.61 Å². The zero-order chi connectivity index (χ0) is 19.0. The molecule has 4 rings (SSSR count). The van der Waals surface area contributed by atoms with Crippen LogP contribution in [0, 0.1) is 13.8 Å². The summed E-state index contributed by atoms with van der Waals surface area (Å²) in [5.41, 5.74) is 4.19. The molecule has 0 saturated heterocycles. The fraction of sp³-hybridized carbons (Fsp3) is 0.286. The summed E-state index contributed by atoms with van der Waals surface area (Å²) >= 11 is 0. The van der Waals surface area contributed by atoms with E-state index in [-0.39, 0.29) is 11.9 Å². The zero-order valence-corrected chi connectivity index (χ0v) is 15.6. The summed E-state index contributed by atoms with van der Waals surface area (Å²) in [5.74, 6) is 1.27. The van der Waals surface area contributed by atoms with E-state index in [4.69, 9.17) is 9.26 Å². The van der Waals surface area contributed by atoms with Gasteiger partial charge in [0.05, 0.1) is 18.3 Å². The van der Waals surface area contributed by atoms with Crippen LogP contribution < -0.4 is 4.74 Å². The van der Waals surface area contributed by atoms with Crippen molar-refractivity contribution in [2.24, 2.45) is 0 Å². The molecule has 2 aromatic heterocycles. The van der Waals surface area contributed by atoms with E-state index in [0.29, 0.717) is 30.2 Å². The molecule has 0 bridgehead atoms. The first-order valence-electron chi connectivity index (χ1n) is 8.94. The van der Waals surface area contributed by atoms with Crippen molar-refractivity contribution in [3.05, 3.63) is 65.3 Å². The number of fused-ring (bicyclic) bond motifs is 1. The topological polar surface area (TPSA) is 68.5 Å². The van der Waals surface area contributed by atoms with Crippen LogP contribution in [0.3, 0.4) is 0 Å². The summed E-state index contributed by atoms with van der Waals surface area (Å²) in [5, 5.41) is 3.92. The number of aromatic nitrogens is 2. The van der Waals surface area contributed by atoms with Crippen molar-refractivity contribution in [3.8, 4) is 16.9 Å². The van der Waals surface area contributed by atoms with Crippen LogP contribution >= 0.6 is 0 Å². The molecule has 3 heterocycles. The van der Waals surface area contributed by atoms with Crippen molar-refractivity contribution >= 4 is 5.91 Å². The lowest BCUT2D eigenvalue weighted by Crippen LogP contribution is -2.40. The van der Waals surface area contributed by atoms with Crippen LogP contribution in [0.2, 0.25) is 0 Å². The Bertz CT molecular complexity index is 962. The average Bonchev–Trinajstić information content (AvgIpc) is 2.92. The third-order valence-corrected chi connectivity index (χ3v) is 4.92. The maximum atomic E-state index is 13.2. The normalized spacial score (nSPS) is 16.4. The van der Waals surface area contributed by atoms with Gasteiger partial charge in [-0.3, -0.25) is 9.78 Å². The Morgan fingerprint density at radius 1 is 1.22 bits per heavy atom. The number of hydrogen-bond donors (Lipinski definition) is 0. The van der Waals surface area contributed by atoms with Gasteiger partial charge in [0.2, 0.25) is 0 Å². The van der Waals surface area contributed by atoms with Gasteiger partial charge in [-0.15, -0.1) is 0 Å². The number of rotatable bonds is 2. The Labute approximate surface area is 157 Å². The minimum Gasteiger partial charge on any atom is -0.491 e. The van der Waals surface area contributed by atoms with Gasteiger partial charge < -0.3 is 14.2 Å². The molecule has 0 spiro atoms. The summed E-state index contributed by atoms with van der Waals surface area (Å²) < 4.78 is 11.1. The first-order valence-corrected chi connectivity index (χ1v) is 8.94. The fourth-order valence-corrected chi connectivity index (χ4v) is 3.40. The summed E-state index contributed by atoms with van der Waals surface area (Å²) in [6.07, 6.45) is 3.58. The summed E-state index contributed by atoms with van der Waals surface area (Å²) in [7, 11) is 0. The molecule has 1 unspecified atom stereocenters. The molecule has 0 saturated carbocycles. The molecule has 1 aliphatic rings. The van der Waals surface area contributed by atoms with Gasteiger partial charge in [0.25, 0.3) is 5.91 Å². The predicted octanol–water partition coefficient (Wildman–Crippen LogP) is 3.78. The highest BCUT2D eigenvalue weighted by molar-refractivity contribution is 5.96. The lowest BCUT2D eigenvalue weighted by molar-refractivity contribution is 0.0643. The second-order valence-electron chi connectivity index (χ2n) is 6.86. The lowest BCUT2D eigenvalue weighted by atomic mass is 10.0. The summed E-state index contributed by atoms with van der Waals surface area (Å²) in [4.78, 5) is 19.2. The highest BCUT2D eigenvalue weighted by atomic mass is 16.5. The van der Waals surface area contributed by atoms with Gasteiger partial charge in [-0.2, -0.15) is 0 Å². The van der Waals surface area contributed by atoms with E-state index in [1.165, 1.54) is 0 Å². The Morgan fingerprint density at radius 2 is 2.07 bits per heavy atom. The SMILES string of the molecule is Cc1noc(C)c1C(=O)N1Cc2cc(-c3cccnc3)ccc2OCC1C. The number of pyridine rings is 1. The molecule has 1 aromatic carbocycles. The van der Waals surface area contributed by atoms with Crippen LogP contribution in [0.15, 0.2) is 47.2 Å². The van der Waals surface area contributed by atoms with Crippen molar-refractivity contribution < 1.29 is 14.1 Å². The minimum absolute atomic E-state index is 0.0690. The van der Waals surface area contributed by atoms with E-state index in [2.05, 4.69) is 16.2 Å². The third-order valence-electron chi connectivity index (χ3n) is 4.92. The Morgan fingerprint density at radius 3 is 2.78 bits per heavy atom. The predicted molar refractivity (Wildman–Crippen MR) is 100 cm³/mol. The van der Waals surface area contributed by atoms with Crippen molar-refractivity contribution in [1.82, 2.24) is 15.0 Å². The number of benzene rings is 1. The van der Waals surface area contributed by atoms with Crippen molar-refractivity contribution in [2.45, 2.75) is 33.4 Å². The van der Waals surface area contributed by atoms with Gasteiger partial charge in [-0.25, -0.2) is 0 Å². The molecule has 3 aromatic rings. The first-order chi connectivity index (χ1) is 13.0. The molecule has 0 N–H and O–H groups in total. The molecule has 6 nitrogen and oxygen atoms in total. The van der Waals surface area contributed by atoms with Crippen molar-refractivity contribution in [3.63, 3.8) is 0 Å². The van der Waals surface area contributed by atoms with Gasteiger partial charge >= 0.3 is 0 Å². The number of ether oxygens (including phenoxy) is 1. The Balaban J connectivity index is 1.70. The molecular formula is C21H21N3O3. The van der Waals surface area contributed by atoms with E-state index in [1.807, 2.05) is 42.3 Å². The first kappa shape index (κ1) is 17.3. The van der Waals surface area contributed by atoms with Crippen LogP contribution in [0.5, 0.6) is 5.75 Å². The monoisotopic (exact) mass is 363 g/mol. The van der Waals surface area contributed by atoms with Gasteiger partial charge in [0.15, 0.2) is 0 Å². The Kier molecular flexibility index (Phi) is 4.39. The molecule has 27 heavy (non-hydrogen) atoms. The molecule has 138 valence electrons. The number of carbonyl (C=O) groups is 1. The maximum Gasteiger partial charge on any atom is 0.260 e. The maximum absolute atomic E-state index is 13.2. The largest absolute Gasteiger partial charge is 0.491 e. The minimum atomic E-state index is -0.0815. The summed E-state index contributed by atoms with van der Waals surface area (Å²) in [6, 6.07) is 9.91. The van der Waals surface area contributed by atoms with Gasteiger partial charge in [-0.05, 0) is 44.5 Å². The quantitative estimate of drug-likeness (QED) is 0.693. The van der Waals surface area contributed by atoms with Crippen LogP contribution in [0.1, 0.15) is 34.3 Å². The van der Waals surface area contributed by atoms with Crippen molar-refractivity contribution in [1.29, 1.82) is 0 Å². The van der Waals surface area contributed by atoms with E-state index in [9.17, 15) is 4.79 Å². The molecule has 1 atom stereocenters. The number of carbonyl (C=O) groups excluding carboxylic acids is 1. The van der Waals surface area contributed by atoms with E-state index in [1.54, 1.807) is 20.0 Å². The van der Waals surface area contributed by atoms with Gasteiger partial charge in [0, 0.05) is 23.5 Å². The average molecular weight is 363 g/mol. The second kappa shape index (κ2) is 6.87. The van der Waals surface area contributed by atoms with Gasteiger partial charge in [0.1, 0.15) is 23.7 Å². The molecule has 1 aliphatic heterocycles. The van der Waals surface area contributed by atoms with Crippen LogP contribution in [0.25, 0.3) is 11.1 Å². The fourth-order valence-electron chi connectivity index (χ4n) is 3.40. The highest BCUT2D eigenvalue weighted by Crippen LogP contribution is 2.31. The number of nitrogens with zero attached hydrogens (tertiary/aromatic N) is 3. The van der Waals surface area contributed by atoms with Crippen LogP contribution in [-0.4, -0.2) is 33.6 Å². The third kappa shape index (κ3) is 3.18. The zero-order valence-electron chi connectivity index (χ0n) is 15.6. The van der Waals surface area contributed by atoms with Crippen LogP contribution in [0.4, 0.5) is 0 Å². The molecule has 0 aliphatic carbocycles. The van der Waals surface area contributed by atoms with E-state index >= 15 is 0 Å². The standard InChI is InChI=1S/C21H21N3O3/c1-13-12-26-19-7-6-16(17-5-4-8-22-10-17)9-18(19)11-24(13)21(25)20-14(2)23-27-15(20)3/h4-10,13H,11-12H2,1-3H3. The molecule has 1 amide bonds. The lowest BCUT2D eigenvalue weighted by Gasteiger charge is -2.26. The number of hydrogen-bond acceptors (Lipinski definition) is 5. The number of aryl methyl sites for hydroxylation is 2. The summed E-state index contributed by atoms with van der Waals surface area (Å²) in [6.45, 7) is 6.45. The number of amides is 1. The van der Waals surface area contributed by atoms with E-state index < -0.39 is 0 Å². The molecule has 0 radical (unpaired) electrons. The smallest absolute Gasteiger partial charge is 0.260 e. The highest BCUT2D eigenvalue weighted by Gasteiger charge is 2.30. The van der Waals surface area contributed by atoms with E-state index in [0.717, 1.165) is 22.4 Å². The Hall–Kier alpha value is -3.15. The van der Waals surface area contributed by atoms with Gasteiger partial charge in [-0.1, -0.05) is 17.3 Å².